The van der Waals surface area contributed by atoms with Gasteiger partial charge in [-0.1, -0.05) is 40.2 Å². The predicted octanol–water partition coefficient (Wildman–Crippen LogP) is 3.90. The number of alkyl halides is 1. The van der Waals surface area contributed by atoms with Crippen molar-refractivity contribution in [3.63, 3.8) is 0 Å². The molecule has 0 saturated heterocycles. The summed E-state index contributed by atoms with van der Waals surface area (Å²) in [5.74, 6) is -0.132. The lowest BCUT2D eigenvalue weighted by Gasteiger charge is -2.19. The van der Waals surface area contributed by atoms with E-state index in [2.05, 4.69) is 40.2 Å². The van der Waals surface area contributed by atoms with Crippen LogP contribution in [0.1, 0.15) is 38.3 Å². The number of benzene rings is 1. The molecular weight excluding hydrogens is 292 g/mol. The molecule has 2 nitrogen and oxygen atoms in total. The number of carbonyl (C=O) groups is 1. The van der Waals surface area contributed by atoms with Crippen LogP contribution in [0.15, 0.2) is 24.3 Å². The minimum absolute atomic E-state index is 0.132. The van der Waals surface area contributed by atoms with Crippen LogP contribution in [-0.4, -0.2) is 16.9 Å². The van der Waals surface area contributed by atoms with Crippen molar-refractivity contribution in [1.29, 1.82) is 0 Å². The maximum Gasteiger partial charge on any atom is 0.306 e. The van der Waals surface area contributed by atoms with E-state index < -0.39 is 5.60 Å². The Morgan fingerprint density at radius 3 is 2.06 bits per heavy atom. The number of hydrogen-bond acceptors (Lipinski definition) is 2. The molecule has 0 unspecified atom stereocenters. The molecule has 0 aliphatic carbocycles. The average Bonchev–Trinajstić information content (AvgIpc) is 2.26. The van der Waals surface area contributed by atoms with Crippen molar-refractivity contribution in [3.8, 4) is 0 Å². The molecule has 1 aromatic rings. The Balaban J connectivity index is 2.41. The first-order chi connectivity index (χ1) is 8.40. The van der Waals surface area contributed by atoms with Crippen LogP contribution < -0.4 is 0 Å². The van der Waals surface area contributed by atoms with Gasteiger partial charge >= 0.3 is 5.97 Å². The van der Waals surface area contributed by atoms with E-state index in [1.165, 1.54) is 11.1 Å². The number of carbonyl (C=O) groups excluding carboxylic acids is 1. The van der Waals surface area contributed by atoms with Crippen molar-refractivity contribution in [2.24, 2.45) is 0 Å². The first-order valence-corrected chi connectivity index (χ1v) is 7.38. The van der Waals surface area contributed by atoms with Gasteiger partial charge in [-0.05, 0) is 44.7 Å². The van der Waals surface area contributed by atoms with Gasteiger partial charge in [0.05, 0.1) is 0 Å². The van der Waals surface area contributed by atoms with Gasteiger partial charge in [-0.15, -0.1) is 0 Å². The number of hydrogen-bond donors (Lipinski definition) is 0. The van der Waals surface area contributed by atoms with Crippen LogP contribution in [0.2, 0.25) is 0 Å². The van der Waals surface area contributed by atoms with E-state index in [4.69, 9.17) is 4.74 Å². The van der Waals surface area contributed by atoms with Crippen molar-refractivity contribution >= 4 is 21.9 Å². The van der Waals surface area contributed by atoms with Gasteiger partial charge in [0.1, 0.15) is 5.60 Å². The van der Waals surface area contributed by atoms with Crippen molar-refractivity contribution in [2.75, 3.05) is 5.33 Å². The predicted molar refractivity (Wildman–Crippen MR) is 78.1 cm³/mol. The highest BCUT2D eigenvalue weighted by Gasteiger charge is 2.15. The molecule has 0 amide bonds. The number of esters is 1. The minimum Gasteiger partial charge on any atom is -0.460 e. The Bertz CT molecular complexity index is 376. The Hall–Kier alpha value is -0.830. The van der Waals surface area contributed by atoms with E-state index >= 15 is 0 Å². The molecule has 100 valence electrons. The van der Waals surface area contributed by atoms with E-state index in [1.54, 1.807) is 0 Å². The van der Waals surface area contributed by atoms with E-state index in [0.29, 0.717) is 6.42 Å². The number of ether oxygens (including phenoxy) is 1. The molecule has 0 saturated carbocycles. The van der Waals surface area contributed by atoms with Gasteiger partial charge in [-0.2, -0.15) is 0 Å². The van der Waals surface area contributed by atoms with Gasteiger partial charge in [-0.3, -0.25) is 4.79 Å². The second-order valence-corrected chi connectivity index (χ2v) is 6.13. The third kappa shape index (κ3) is 6.20. The lowest BCUT2D eigenvalue weighted by molar-refractivity contribution is -0.154. The molecule has 0 atom stereocenters. The largest absolute Gasteiger partial charge is 0.460 e. The van der Waals surface area contributed by atoms with E-state index in [0.717, 1.165) is 18.2 Å². The highest BCUT2D eigenvalue weighted by molar-refractivity contribution is 9.09. The third-order valence-electron chi connectivity index (χ3n) is 2.44. The number of rotatable bonds is 5. The highest BCUT2D eigenvalue weighted by atomic mass is 79.9. The minimum atomic E-state index is -0.392. The standard InChI is InChI=1S/C15H21BrO2/c1-15(2,3)18-14(17)9-8-12-4-6-13(7-5-12)10-11-16/h4-7H,8-11H2,1-3H3. The summed E-state index contributed by atoms with van der Waals surface area (Å²) in [7, 11) is 0. The molecule has 1 aromatic carbocycles. The lowest BCUT2D eigenvalue weighted by atomic mass is 10.1. The van der Waals surface area contributed by atoms with E-state index in [9.17, 15) is 4.79 Å². The maximum atomic E-state index is 11.6. The number of halogens is 1. The maximum absolute atomic E-state index is 11.6. The first-order valence-electron chi connectivity index (χ1n) is 6.26. The van der Waals surface area contributed by atoms with Crippen molar-refractivity contribution in [1.82, 2.24) is 0 Å². The fourth-order valence-electron chi connectivity index (χ4n) is 1.62. The fraction of sp³-hybridized carbons (Fsp3) is 0.533. The molecule has 0 radical (unpaired) electrons. The summed E-state index contributed by atoms with van der Waals surface area (Å²) in [6.07, 6.45) is 2.21. The summed E-state index contributed by atoms with van der Waals surface area (Å²) >= 11 is 3.42. The normalized spacial score (nSPS) is 11.3. The summed E-state index contributed by atoms with van der Waals surface area (Å²) in [5.41, 5.74) is 2.10. The average molecular weight is 313 g/mol. The highest BCUT2D eigenvalue weighted by Crippen LogP contribution is 2.12. The monoisotopic (exact) mass is 312 g/mol. The molecule has 0 heterocycles. The van der Waals surface area contributed by atoms with Crippen molar-refractivity contribution < 1.29 is 9.53 Å². The molecule has 1 rings (SSSR count). The van der Waals surface area contributed by atoms with Crippen molar-refractivity contribution in [3.05, 3.63) is 35.4 Å². The SMILES string of the molecule is CC(C)(C)OC(=O)CCc1ccc(CCBr)cc1. The molecule has 0 aromatic heterocycles. The van der Waals surface area contributed by atoms with E-state index in [-0.39, 0.29) is 5.97 Å². The smallest absolute Gasteiger partial charge is 0.306 e. The fourth-order valence-corrected chi connectivity index (χ4v) is 2.08. The van der Waals surface area contributed by atoms with E-state index in [1.807, 2.05) is 20.8 Å². The van der Waals surface area contributed by atoms with Gasteiger partial charge in [0, 0.05) is 11.8 Å². The molecule has 0 aliphatic rings. The zero-order chi connectivity index (χ0) is 13.6. The molecule has 0 spiro atoms. The Labute approximate surface area is 118 Å². The summed E-state index contributed by atoms with van der Waals surface area (Å²) in [6, 6.07) is 8.40. The lowest BCUT2D eigenvalue weighted by Crippen LogP contribution is -2.23. The molecule has 0 N–H and O–H groups in total. The van der Waals surface area contributed by atoms with Crippen LogP contribution in [0, 0.1) is 0 Å². The summed E-state index contributed by atoms with van der Waals surface area (Å²) in [5, 5.41) is 0.976. The topological polar surface area (TPSA) is 26.3 Å². The van der Waals surface area contributed by atoms with Gasteiger partial charge < -0.3 is 4.74 Å². The first kappa shape index (κ1) is 15.2. The van der Waals surface area contributed by atoms with Crippen LogP contribution in [0.3, 0.4) is 0 Å². The molecule has 0 fully saturated rings. The van der Waals surface area contributed by atoms with Crippen LogP contribution in [0.25, 0.3) is 0 Å². The van der Waals surface area contributed by atoms with Crippen LogP contribution in [-0.2, 0) is 22.4 Å². The third-order valence-corrected chi connectivity index (χ3v) is 2.84. The summed E-state index contributed by atoms with van der Waals surface area (Å²) in [6.45, 7) is 5.67. The number of aryl methyl sites for hydroxylation is 2. The van der Waals surface area contributed by atoms with Crippen molar-refractivity contribution in [2.45, 2.75) is 45.6 Å². The Morgan fingerprint density at radius 2 is 1.61 bits per heavy atom. The van der Waals surface area contributed by atoms with Crippen LogP contribution in [0.4, 0.5) is 0 Å². The quantitative estimate of drug-likeness (QED) is 0.609. The molecule has 0 bridgehead atoms. The molecular formula is C15H21BrO2. The zero-order valence-electron chi connectivity index (χ0n) is 11.3. The second kappa shape index (κ2) is 6.93. The van der Waals surface area contributed by atoms with Gasteiger partial charge in [-0.25, -0.2) is 0 Å². The van der Waals surface area contributed by atoms with Crippen LogP contribution >= 0.6 is 15.9 Å². The summed E-state index contributed by atoms with van der Waals surface area (Å²) in [4.78, 5) is 11.6. The Morgan fingerprint density at radius 1 is 1.11 bits per heavy atom. The second-order valence-electron chi connectivity index (χ2n) is 5.34. The van der Waals surface area contributed by atoms with Gasteiger partial charge in [0.2, 0.25) is 0 Å². The van der Waals surface area contributed by atoms with Gasteiger partial charge in [0.15, 0.2) is 0 Å². The van der Waals surface area contributed by atoms with Crippen LogP contribution in [0.5, 0.6) is 0 Å². The Kier molecular flexibility index (Phi) is 5.86. The molecule has 3 heteroatoms. The zero-order valence-corrected chi connectivity index (χ0v) is 12.9. The van der Waals surface area contributed by atoms with Gasteiger partial charge in [0.25, 0.3) is 0 Å². The summed E-state index contributed by atoms with van der Waals surface area (Å²) < 4.78 is 5.28. The molecule has 0 aliphatic heterocycles. The molecule has 18 heavy (non-hydrogen) atoms.